The lowest BCUT2D eigenvalue weighted by atomic mass is 9.80. The quantitative estimate of drug-likeness (QED) is 0.326. The summed E-state index contributed by atoms with van der Waals surface area (Å²) < 4.78 is 0.962. The Hall–Kier alpha value is -1.56. The molecule has 1 aromatic rings. The average molecular weight is 356 g/mol. The van der Waals surface area contributed by atoms with Crippen molar-refractivity contribution in [1.29, 1.82) is 0 Å². The van der Waals surface area contributed by atoms with Gasteiger partial charge in [-0.2, -0.15) is 0 Å². The second-order valence-electron chi connectivity index (χ2n) is 5.14. The van der Waals surface area contributed by atoms with Crippen LogP contribution in [0.3, 0.4) is 0 Å². The van der Waals surface area contributed by atoms with Crippen LogP contribution in [0.1, 0.15) is 37.8 Å². The summed E-state index contributed by atoms with van der Waals surface area (Å²) in [5.41, 5.74) is 7.43. The standard InChI is InChI=1S/C15H22BrN3O2/c1-5-15(6-2,13(17)19-21)14(20)18-12-9(3)7-11(16)8-10(12)4/h7-8,21H,5-6H2,1-4H3,(H2,17,19)(H,18,20). The lowest BCUT2D eigenvalue weighted by Crippen LogP contribution is -2.46. The van der Waals surface area contributed by atoms with Crippen LogP contribution in [-0.4, -0.2) is 17.0 Å². The Bertz CT molecular complexity index is 543. The molecule has 5 nitrogen and oxygen atoms in total. The molecule has 0 fully saturated rings. The Morgan fingerprint density at radius 3 is 2.19 bits per heavy atom. The number of nitrogens with zero attached hydrogens (tertiary/aromatic N) is 1. The molecule has 0 spiro atoms. The van der Waals surface area contributed by atoms with Crippen molar-refractivity contribution in [2.45, 2.75) is 40.5 Å². The molecule has 0 aliphatic carbocycles. The number of nitrogens with one attached hydrogen (secondary N) is 1. The molecule has 4 N–H and O–H groups in total. The zero-order chi connectivity index (χ0) is 16.2. The van der Waals surface area contributed by atoms with Crippen molar-refractivity contribution in [2.75, 3.05) is 5.32 Å². The normalized spacial score (nSPS) is 12.3. The fraction of sp³-hybridized carbons (Fsp3) is 0.467. The Kier molecular flexibility index (Phi) is 5.78. The highest BCUT2D eigenvalue weighted by Crippen LogP contribution is 2.31. The highest BCUT2D eigenvalue weighted by Gasteiger charge is 2.40. The first-order valence-electron chi connectivity index (χ1n) is 6.88. The number of amidine groups is 1. The van der Waals surface area contributed by atoms with Crippen molar-refractivity contribution in [2.24, 2.45) is 16.3 Å². The number of carbonyl (C=O) groups excluding carboxylic acids is 1. The summed E-state index contributed by atoms with van der Waals surface area (Å²) >= 11 is 3.43. The lowest BCUT2D eigenvalue weighted by molar-refractivity contribution is -0.122. The number of amides is 1. The molecule has 0 unspecified atom stereocenters. The van der Waals surface area contributed by atoms with Gasteiger partial charge in [-0.05, 0) is 49.9 Å². The molecule has 0 aliphatic heterocycles. The van der Waals surface area contributed by atoms with E-state index in [0.29, 0.717) is 12.8 Å². The van der Waals surface area contributed by atoms with Crippen molar-refractivity contribution in [3.8, 4) is 0 Å². The maximum Gasteiger partial charge on any atom is 0.238 e. The monoisotopic (exact) mass is 355 g/mol. The van der Waals surface area contributed by atoms with Crippen molar-refractivity contribution < 1.29 is 10.0 Å². The molecule has 1 rings (SSSR count). The topological polar surface area (TPSA) is 87.7 Å². The van der Waals surface area contributed by atoms with E-state index >= 15 is 0 Å². The fourth-order valence-corrected chi connectivity index (χ4v) is 3.17. The highest BCUT2D eigenvalue weighted by molar-refractivity contribution is 9.10. The second kappa shape index (κ2) is 6.93. The van der Waals surface area contributed by atoms with Gasteiger partial charge < -0.3 is 16.3 Å². The van der Waals surface area contributed by atoms with Crippen LogP contribution >= 0.6 is 15.9 Å². The molecule has 0 bridgehead atoms. The number of rotatable bonds is 5. The van der Waals surface area contributed by atoms with Crippen molar-refractivity contribution in [3.05, 3.63) is 27.7 Å². The van der Waals surface area contributed by atoms with E-state index in [9.17, 15) is 4.79 Å². The Morgan fingerprint density at radius 1 is 1.33 bits per heavy atom. The predicted molar refractivity (Wildman–Crippen MR) is 88.7 cm³/mol. The SMILES string of the molecule is CCC(CC)(C(=O)Nc1c(C)cc(Br)cc1C)C(N)=NO. The summed E-state index contributed by atoms with van der Waals surface area (Å²) in [5, 5.41) is 15.0. The maximum absolute atomic E-state index is 12.7. The van der Waals surface area contributed by atoms with Crippen LogP contribution < -0.4 is 11.1 Å². The molecule has 0 radical (unpaired) electrons. The zero-order valence-electron chi connectivity index (χ0n) is 12.8. The third-order valence-corrected chi connectivity index (χ3v) is 4.43. The summed E-state index contributed by atoms with van der Waals surface area (Å²) in [6.07, 6.45) is 0.916. The third-order valence-electron chi connectivity index (χ3n) is 3.98. The van der Waals surface area contributed by atoms with Gasteiger partial charge in [0.1, 0.15) is 5.41 Å². The van der Waals surface area contributed by atoms with Gasteiger partial charge in [0.2, 0.25) is 5.91 Å². The van der Waals surface area contributed by atoms with Gasteiger partial charge in [0.05, 0.1) is 0 Å². The van der Waals surface area contributed by atoms with Crippen LogP contribution in [0.15, 0.2) is 21.8 Å². The summed E-state index contributed by atoms with van der Waals surface area (Å²) in [4.78, 5) is 12.7. The molecule has 0 aromatic heterocycles. The van der Waals surface area contributed by atoms with Crippen LogP contribution in [0.4, 0.5) is 5.69 Å². The molecule has 1 aromatic carbocycles. The number of benzene rings is 1. The number of hydrogen-bond acceptors (Lipinski definition) is 3. The number of anilines is 1. The third kappa shape index (κ3) is 3.37. The molecule has 0 aliphatic rings. The first-order chi connectivity index (χ1) is 9.82. The van der Waals surface area contributed by atoms with E-state index in [1.165, 1.54) is 0 Å². The van der Waals surface area contributed by atoms with E-state index in [1.807, 2.05) is 39.8 Å². The minimum Gasteiger partial charge on any atom is -0.409 e. The first-order valence-corrected chi connectivity index (χ1v) is 7.67. The minimum absolute atomic E-state index is 0.0579. The van der Waals surface area contributed by atoms with Crippen LogP contribution in [0.2, 0.25) is 0 Å². The van der Waals surface area contributed by atoms with Gasteiger partial charge in [0.25, 0.3) is 0 Å². The van der Waals surface area contributed by atoms with Crippen LogP contribution in [0, 0.1) is 19.3 Å². The first kappa shape index (κ1) is 17.5. The predicted octanol–water partition coefficient (Wildman–Crippen LogP) is 3.56. The van der Waals surface area contributed by atoms with Crippen LogP contribution in [0.5, 0.6) is 0 Å². The van der Waals surface area contributed by atoms with Crippen LogP contribution in [-0.2, 0) is 4.79 Å². The van der Waals surface area contributed by atoms with Crippen molar-refractivity contribution in [1.82, 2.24) is 0 Å². The Morgan fingerprint density at radius 2 is 1.81 bits per heavy atom. The summed E-state index contributed by atoms with van der Waals surface area (Å²) in [6, 6.07) is 3.87. The number of carbonyl (C=O) groups is 1. The minimum atomic E-state index is -0.999. The smallest absolute Gasteiger partial charge is 0.238 e. The average Bonchev–Trinajstić information content (AvgIpc) is 2.44. The summed E-state index contributed by atoms with van der Waals surface area (Å²) in [6.45, 7) is 7.55. The van der Waals surface area contributed by atoms with Crippen molar-refractivity contribution >= 4 is 33.4 Å². The summed E-state index contributed by atoms with van der Waals surface area (Å²) in [5.74, 6) is -0.311. The van der Waals surface area contributed by atoms with Gasteiger partial charge in [0.15, 0.2) is 5.84 Å². The van der Waals surface area contributed by atoms with E-state index in [2.05, 4.69) is 26.4 Å². The fourth-order valence-electron chi connectivity index (χ4n) is 2.49. The van der Waals surface area contributed by atoms with E-state index < -0.39 is 5.41 Å². The molecular formula is C15H22BrN3O2. The summed E-state index contributed by atoms with van der Waals surface area (Å²) in [7, 11) is 0. The largest absolute Gasteiger partial charge is 0.409 e. The molecule has 116 valence electrons. The van der Waals surface area contributed by atoms with Crippen LogP contribution in [0.25, 0.3) is 0 Å². The Balaban J connectivity index is 3.21. The Labute approximate surface area is 133 Å². The molecule has 0 atom stereocenters. The lowest BCUT2D eigenvalue weighted by Gasteiger charge is -2.29. The van der Waals surface area contributed by atoms with Gasteiger partial charge in [-0.25, -0.2) is 0 Å². The van der Waals surface area contributed by atoms with Gasteiger partial charge in [-0.3, -0.25) is 4.79 Å². The molecular weight excluding hydrogens is 334 g/mol. The van der Waals surface area contributed by atoms with Crippen molar-refractivity contribution in [3.63, 3.8) is 0 Å². The maximum atomic E-state index is 12.7. The van der Waals surface area contributed by atoms with Gasteiger partial charge >= 0.3 is 0 Å². The van der Waals surface area contributed by atoms with Gasteiger partial charge in [0, 0.05) is 10.2 Å². The number of aryl methyl sites for hydroxylation is 2. The number of halogens is 1. The van der Waals surface area contributed by atoms with Gasteiger partial charge in [-0.1, -0.05) is 34.9 Å². The molecule has 6 heteroatoms. The van der Waals surface area contributed by atoms with E-state index in [1.54, 1.807) is 0 Å². The van der Waals surface area contributed by atoms with E-state index in [-0.39, 0.29) is 11.7 Å². The molecule has 21 heavy (non-hydrogen) atoms. The second-order valence-corrected chi connectivity index (χ2v) is 6.06. The molecule has 1 amide bonds. The molecule has 0 saturated carbocycles. The number of oxime groups is 1. The number of nitrogens with two attached hydrogens (primary N) is 1. The number of hydrogen-bond donors (Lipinski definition) is 3. The molecule has 0 heterocycles. The molecule has 0 saturated heterocycles. The zero-order valence-corrected chi connectivity index (χ0v) is 14.4. The van der Waals surface area contributed by atoms with Gasteiger partial charge in [-0.15, -0.1) is 0 Å². The highest BCUT2D eigenvalue weighted by atomic mass is 79.9. The van der Waals surface area contributed by atoms with E-state index in [4.69, 9.17) is 10.9 Å². The van der Waals surface area contributed by atoms with E-state index in [0.717, 1.165) is 21.3 Å².